The minimum atomic E-state index is 0.511. The zero-order chi connectivity index (χ0) is 10.6. The SMILES string of the molecule is CCC(C1CCOCC1)C(C)(C)CC. The van der Waals surface area contributed by atoms with Crippen molar-refractivity contribution in [2.24, 2.45) is 17.3 Å². The van der Waals surface area contributed by atoms with Gasteiger partial charge in [0.15, 0.2) is 0 Å². The van der Waals surface area contributed by atoms with Crippen molar-refractivity contribution in [1.82, 2.24) is 0 Å². The van der Waals surface area contributed by atoms with Crippen molar-refractivity contribution in [3.8, 4) is 0 Å². The van der Waals surface area contributed by atoms with E-state index in [2.05, 4.69) is 27.7 Å². The highest BCUT2D eigenvalue weighted by Crippen LogP contribution is 2.41. The van der Waals surface area contributed by atoms with E-state index in [1.54, 1.807) is 0 Å². The Morgan fingerprint density at radius 2 is 1.79 bits per heavy atom. The van der Waals surface area contributed by atoms with Gasteiger partial charge in [0, 0.05) is 13.2 Å². The third-order valence-electron chi connectivity index (χ3n) is 4.19. The van der Waals surface area contributed by atoms with Crippen LogP contribution in [0.25, 0.3) is 0 Å². The van der Waals surface area contributed by atoms with E-state index in [9.17, 15) is 0 Å². The summed E-state index contributed by atoms with van der Waals surface area (Å²) in [5.74, 6) is 1.79. The second kappa shape index (κ2) is 5.16. The number of rotatable bonds is 4. The van der Waals surface area contributed by atoms with Gasteiger partial charge >= 0.3 is 0 Å². The predicted octanol–water partition coefficient (Wildman–Crippen LogP) is 3.88. The standard InChI is InChI=1S/C13H26O/c1-5-12(13(3,4)6-2)11-7-9-14-10-8-11/h11-12H,5-10H2,1-4H3. The zero-order valence-electron chi connectivity index (χ0n) is 10.3. The fourth-order valence-corrected chi connectivity index (χ4v) is 2.90. The highest BCUT2D eigenvalue weighted by molar-refractivity contribution is 4.83. The third kappa shape index (κ3) is 2.73. The van der Waals surface area contributed by atoms with Crippen LogP contribution in [0, 0.1) is 17.3 Å². The molecule has 1 heterocycles. The van der Waals surface area contributed by atoms with Gasteiger partial charge in [0.05, 0.1) is 0 Å². The van der Waals surface area contributed by atoms with Crippen LogP contribution in [0.15, 0.2) is 0 Å². The molecule has 1 saturated heterocycles. The monoisotopic (exact) mass is 198 g/mol. The van der Waals surface area contributed by atoms with Gasteiger partial charge < -0.3 is 4.74 Å². The quantitative estimate of drug-likeness (QED) is 0.666. The minimum Gasteiger partial charge on any atom is -0.381 e. The van der Waals surface area contributed by atoms with Gasteiger partial charge in [0.1, 0.15) is 0 Å². The van der Waals surface area contributed by atoms with Crippen LogP contribution in [0.4, 0.5) is 0 Å². The number of hydrogen-bond acceptors (Lipinski definition) is 1. The minimum absolute atomic E-state index is 0.511. The molecule has 0 saturated carbocycles. The molecule has 0 aromatic rings. The second-order valence-electron chi connectivity index (χ2n) is 5.31. The van der Waals surface area contributed by atoms with E-state index in [1.807, 2.05) is 0 Å². The molecule has 1 heteroatoms. The lowest BCUT2D eigenvalue weighted by Crippen LogP contribution is -2.33. The van der Waals surface area contributed by atoms with Crippen molar-refractivity contribution in [2.75, 3.05) is 13.2 Å². The molecule has 0 aromatic carbocycles. The van der Waals surface area contributed by atoms with Crippen LogP contribution in [0.2, 0.25) is 0 Å². The molecule has 14 heavy (non-hydrogen) atoms. The molecule has 0 amide bonds. The maximum Gasteiger partial charge on any atom is 0.0468 e. The fourth-order valence-electron chi connectivity index (χ4n) is 2.90. The van der Waals surface area contributed by atoms with Gasteiger partial charge in [0.25, 0.3) is 0 Å². The van der Waals surface area contributed by atoms with E-state index in [1.165, 1.54) is 25.7 Å². The molecular formula is C13H26O. The van der Waals surface area contributed by atoms with E-state index >= 15 is 0 Å². The van der Waals surface area contributed by atoms with Crippen molar-refractivity contribution in [3.05, 3.63) is 0 Å². The van der Waals surface area contributed by atoms with E-state index in [-0.39, 0.29) is 0 Å². The lowest BCUT2D eigenvalue weighted by molar-refractivity contribution is 0.0134. The predicted molar refractivity (Wildman–Crippen MR) is 61.4 cm³/mol. The van der Waals surface area contributed by atoms with Gasteiger partial charge in [-0.05, 0) is 30.1 Å². The molecule has 1 rings (SSSR count). The van der Waals surface area contributed by atoms with Crippen LogP contribution in [-0.4, -0.2) is 13.2 Å². The molecule has 0 aromatic heterocycles. The molecule has 1 aliphatic rings. The molecule has 1 nitrogen and oxygen atoms in total. The van der Waals surface area contributed by atoms with Crippen molar-refractivity contribution < 1.29 is 4.74 Å². The van der Waals surface area contributed by atoms with Crippen LogP contribution in [-0.2, 0) is 4.74 Å². The summed E-state index contributed by atoms with van der Waals surface area (Å²) in [5.41, 5.74) is 0.511. The average Bonchev–Trinajstić information content (AvgIpc) is 2.20. The van der Waals surface area contributed by atoms with Crippen molar-refractivity contribution in [3.63, 3.8) is 0 Å². The Bertz CT molecular complexity index is 157. The lowest BCUT2D eigenvalue weighted by atomic mass is 9.67. The van der Waals surface area contributed by atoms with Crippen molar-refractivity contribution >= 4 is 0 Å². The van der Waals surface area contributed by atoms with Crippen molar-refractivity contribution in [1.29, 1.82) is 0 Å². The normalized spacial score (nSPS) is 22.3. The first kappa shape index (κ1) is 12.0. The van der Waals surface area contributed by atoms with E-state index in [0.717, 1.165) is 25.0 Å². The fraction of sp³-hybridized carbons (Fsp3) is 1.00. The number of hydrogen-bond donors (Lipinski definition) is 0. The summed E-state index contributed by atoms with van der Waals surface area (Å²) < 4.78 is 5.44. The zero-order valence-corrected chi connectivity index (χ0v) is 10.3. The van der Waals surface area contributed by atoms with Crippen LogP contribution >= 0.6 is 0 Å². The molecule has 1 atom stereocenters. The summed E-state index contributed by atoms with van der Waals surface area (Å²) in [5, 5.41) is 0. The summed E-state index contributed by atoms with van der Waals surface area (Å²) in [6.07, 6.45) is 5.18. The Hall–Kier alpha value is -0.0400. The largest absolute Gasteiger partial charge is 0.381 e. The maximum atomic E-state index is 5.44. The Morgan fingerprint density at radius 1 is 1.21 bits per heavy atom. The Morgan fingerprint density at radius 3 is 2.21 bits per heavy atom. The molecule has 0 spiro atoms. The summed E-state index contributed by atoms with van der Waals surface area (Å²) in [4.78, 5) is 0. The van der Waals surface area contributed by atoms with Crippen LogP contribution in [0.3, 0.4) is 0 Å². The summed E-state index contributed by atoms with van der Waals surface area (Å²) in [7, 11) is 0. The molecule has 84 valence electrons. The lowest BCUT2D eigenvalue weighted by Gasteiger charge is -2.40. The highest BCUT2D eigenvalue weighted by Gasteiger charge is 2.33. The smallest absolute Gasteiger partial charge is 0.0468 e. The van der Waals surface area contributed by atoms with E-state index in [0.29, 0.717) is 5.41 Å². The first-order valence-electron chi connectivity index (χ1n) is 6.19. The molecule has 0 N–H and O–H groups in total. The molecule has 1 unspecified atom stereocenters. The van der Waals surface area contributed by atoms with Gasteiger partial charge in [-0.25, -0.2) is 0 Å². The molecule has 0 radical (unpaired) electrons. The molecule has 1 aliphatic heterocycles. The van der Waals surface area contributed by atoms with Gasteiger partial charge in [-0.3, -0.25) is 0 Å². The Kier molecular flexibility index (Phi) is 4.43. The first-order chi connectivity index (χ1) is 6.61. The Balaban J connectivity index is 2.59. The topological polar surface area (TPSA) is 9.23 Å². The van der Waals surface area contributed by atoms with Crippen LogP contribution in [0.5, 0.6) is 0 Å². The molecular weight excluding hydrogens is 172 g/mol. The third-order valence-corrected chi connectivity index (χ3v) is 4.19. The summed E-state index contributed by atoms with van der Waals surface area (Å²) in [6, 6.07) is 0. The van der Waals surface area contributed by atoms with E-state index in [4.69, 9.17) is 4.74 Å². The van der Waals surface area contributed by atoms with Gasteiger partial charge in [-0.1, -0.05) is 40.5 Å². The van der Waals surface area contributed by atoms with Crippen LogP contribution < -0.4 is 0 Å². The van der Waals surface area contributed by atoms with Crippen LogP contribution in [0.1, 0.15) is 53.4 Å². The maximum absolute atomic E-state index is 5.44. The average molecular weight is 198 g/mol. The Labute approximate surface area is 89.2 Å². The highest BCUT2D eigenvalue weighted by atomic mass is 16.5. The van der Waals surface area contributed by atoms with Gasteiger partial charge in [0.2, 0.25) is 0 Å². The summed E-state index contributed by atoms with van der Waals surface area (Å²) in [6.45, 7) is 11.5. The summed E-state index contributed by atoms with van der Waals surface area (Å²) >= 11 is 0. The van der Waals surface area contributed by atoms with Crippen molar-refractivity contribution in [2.45, 2.75) is 53.4 Å². The molecule has 0 bridgehead atoms. The van der Waals surface area contributed by atoms with E-state index < -0.39 is 0 Å². The van der Waals surface area contributed by atoms with Gasteiger partial charge in [-0.2, -0.15) is 0 Å². The second-order valence-corrected chi connectivity index (χ2v) is 5.31. The van der Waals surface area contributed by atoms with Gasteiger partial charge in [-0.15, -0.1) is 0 Å². The number of ether oxygens (including phenoxy) is 1. The first-order valence-corrected chi connectivity index (χ1v) is 6.19. The molecule has 1 fully saturated rings. The molecule has 0 aliphatic carbocycles.